The Morgan fingerprint density at radius 1 is 0.505 bits per heavy atom. The first-order valence-corrected chi connectivity index (χ1v) is 32.8. The normalized spacial score (nSPS) is 52.3. The van der Waals surface area contributed by atoms with Crippen molar-refractivity contribution in [3.8, 4) is 0 Å². The standard InChI is InChI=1S/C61H100O32/c1-22(19-81-54-47(78)44(75)41(72)33(16-62)87-54)6-9-36(68)86-32-15-29-27-8-7-25-14-26(10-12-60(25,4)28(27)11-13-61(29,5)37(32)23(2)65)85-58-52(92-57-48(79)43(74)38(69)24(3)84-57)49(80)50(35(18-64)89-58)90-59-53(93-56-46(77)40(71)31(67)21-83-56)51(42(73)34(17-63)88-59)91-55-45(76)39(70)30(66)20-82-55/h22,24-35,37-59,62-64,66-67,69-80H,6-21H2,1-5H3. The topological polar surface area (TPSA) is 498 Å². The van der Waals surface area contributed by atoms with E-state index in [0.29, 0.717) is 38.5 Å². The van der Waals surface area contributed by atoms with Crippen LogP contribution in [0.4, 0.5) is 0 Å². The zero-order chi connectivity index (χ0) is 67.4. The number of rotatable bonds is 21. The van der Waals surface area contributed by atoms with Crippen LogP contribution in [0.25, 0.3) is 0 Å². The number of carbonyl (C=O) groups excluding carboxylic acids is 2. The Bertz CT molecular complexity index is 2440. The molecule has 0 bridgehead atoms. The maximum Gasteiger partial charge on any atom is 0.306 e. The van der Waals surface area contributed by atoms with E-state index in [2.05, 4.69) is 13.8 Å². The number of Topliss-reactive ketones (excluding diaryl/α,β-unsaturated/α-hetero) is 1. The molecule has 93 heavy (non-hydrogen) atoms. The molecule has 6 saturated heterocycles. The van der Waals surface area contributed by atoms with Crippen molar-refractivity contribution in [2.24, 2.45) is 46.3 Å². The molecule has 536 valence electrons. The van der Waals surface area contributed by atoms with E-state index in [9.17, 15) is 96.4 Å². The highest BCUT2D eigenvalue weighted by Gasteiger charge is 2.65. The minimum Gasteiger partial charge on any atom is -0.462 e. The summed E-state index contributed by atoms with van der Waals surface area (Å²) in [6.07, 6.45) is -43.3. The lowest BCUT2D eigenvalue weighted by Gasteiger charge is -2.61. The fourth-order valence-electron chi connectivity index (χ4n) is 17.0. The van der Waals surface area contributed by atoms with Crippen LogP contribution in [0.3, 0.4) is 0 Å². The maximum atomic E-state index is 13.7. The molecule has 10 rings (SSSR count). The molecule has 0 aromatic heterocycles. The Balaban J connectivity index is 0.832. The molecule has 38 unspecified atom stereocenters. The largest absolute Gasteiger partial charge is 0.462 e. The van der Waals surface area contributed by atoms with E-state index in [4.69, 9.17) is 61.6 Å². The number of esters is 1. The number of carbonyl (C=O) groups is 2. The highest BCUT2D eigenvalue weighted by molar-refractivity contribution is 5.81. The third-order valence-electron chi connectivity index (χ3n) is 22.4. The van der Waals surface area contributed by atoms with Crippen LogP contribution in [0.5, 0.6) is 0 Å². The molecule has 0 radical (unpaired) electrons. The molecule has 38 atom stereocenters. The number of hydrogen-bond donors (Lipinski definition) is 17. The van der Waals surface area contributed by atoms with Gasteiger partial charge in [-0.25, -0.2) is 0 Å². The summed E-state index contributed by atoms with van der Waals surface area (Å²) < 4.78 is 78.4. The monoisotopic (exact) mass is 1340 g/mol. The van der Waals surface area contributed by atoms with Crippen LogP contribution in [0.15, 0.2) is 0 Å². The van der Waals surface area contributed by atoms with Crippen LogP contribution in [0.1, 0.15) is 98.8 Å². The van der Waals surface area contributed by atoms with Gasteiger partial charge in [-0.1, -0.05) is 20.8 Å². The van der Waals surface area contributed by atoms with Gasteiger partial charge in [0.1, 0.15) is 140 Å². The Morgan fingerprint density at radius 2 is 1.04 bits per heavy atom. The van der Waals surface area contributed by atoms with Gasteiger partial charge in [-0.3, -0.25) is 9.59 Å². The van der Waals surface area contributed by atoms with Gasteiger partial charge in [-0.2, -0.15) is 0 Å². The fraction of sp³-hybridized carbons (Fsp3) is 0.967. The fourth-order valence-corrected chi connectivity index (χ4v) is 17.0. The van der Waals surface area contributed by atoms with Crippen molar-refractivity contribution < 1.29 is 158 Å². The molecule has 0 amide bonds. The molecule has 10 fully saturated rings. The first kappa shape index (κ1) is 73.7. The second-order valence-corrected chi connectivity index (χ2v) is 28.3. The van der Waals surface area contributed by atoms with E-state index in [1.54, 1.807) is 6.92 Å². The van der Waals surface area contributed by atoms with Crippen LogP contribution in [-0.2, 0) is 71.2 Å². The third kappa shape index (κ3) is 14.8. The zero-order valence-electron chi connectivity index (χ0n) is 52.8. The average molecular weight is 1350 g/mol. The van der Waals surface area contributed by atoms with Gasteiger partial charge in [0.2, 0.25) is 0 Å². The van der Waals surface area contributed by atoms with Gasteiger partial charge < -0.3 is 148 Å². The molecule has 4 saturated carbocycles. The highest BCUT2D eigenvalue weighted by atomic mass is 16.8. The van der Waals surface area contributed by atoms with E-state index in [-0.39, 0.29) is 53.8 Å². The summed E-state index contributed by atoms with van der Waals surface area (Å²) in [7, 11) is 0. The number of hydrogen-bond acceptors (Lipinski definition) is 32. The van der Waals surface area contributed by atoms with Crippen molar-refractivity contribution in [1.29, 1.82) is 0 Å². The van der Waals surface area contributed by atoms with Crippen molar-refractivity contribution >= 4 is 11.8 Å². The van der Waals surface area contributed by atoms with Gasteiger partial charge in [0.15, 0.2) is 37.7 Å². The van der Waals surface area contributed by atoms with Gasteiger partial charge in [0, 0.05) is 6.42 Å². The molecule has 4 aliphatic carbocycles. The molecule has 0 aromatic carbocycles. The van der Waals surface area contributed by atoms with Gasteiger partial charge in [0.05, 0.1) is 57.8 Å². The first-order chi connectivity index (χ1) is 44.0. The quantitative estimate of drug-likeness (QED) is 0.0375. The molecule has 17 N–H and O–H groups in total. The first-order valence-electron chi connectivity index (χ1n) is 32.8. The van der Waals surface area contributed by atoms with E-state index in [1.807, 2.05) is 6.92 Å². The summed E-state index contributed by atoms with van der Waals surface area (Å²) in [4.78, 5) is 27.3. The predicted molar refractivity (Wildman–Crippen MR) is 305 cm³/mol. The van der Waals surface area contributed by atoms with Crippen molar-refractivity contribution in [2.45, 2.75) is 283 Å². The summed E-state index contributed by atoms with van der Waals surface area (Å²) in [5.41, 5.74) is -0.674. The minimum absolute atomic E-state index is 0.0142. The van der Waals surface area contributed by atoms with Gasteiger partial charge >= 0.3 is 5.97 Å². The van der Waals surface area contributed by atoms with Gasteiger partial charge in [-0.05, 0) is 112 Å². The lowest BCUT2D eigenvalue weighted by molar-refractivity contribution is -0.408. The number of aliphatic hydroxyl groups is 17. The van der Waals surface area contributed by atoms with Crippen molar-refractivity contribution in [2.75, 3.05) is 39.6 Å². The smallest absolute Gasteiger partial charge is 0.306 e. The van der Waals surface area contributed by atoms with Crippen molar-refractivity contribution in [3.05, 3.63) is 0 Å². The average Bonchev–Trinajstić information content (AvgIpc) is 1.65. The second kappa shape index (κ2) is 30.4. The molecule has 32 heteroatoms. The lowest BCUT2D eigenvalue weighted by atomic mass is 9.44. The van der Waals surface area contributed by atoms with Crippen LogP contribution in [0.2, 0.25) is 0 Å². The Labute approximate surface area is 537 Å². The lowest BCUT2D eigenvalue weighted by Crippen LogP contribution is -2.68. The molecule has 6 aliphatic heterocycles. The summed E-state index contributed by atoms with van der Waals surface area (Å²) in [5.74, 6) is -0.750. The van der Waals surface area contributed by atoms with E-state index >= 15 is 0 Å². The summed E-state index contributed by atoms with van der Waals surface area (Å²) >= 11 is 0. The van der Waals surface area contributed by atoms with Crippen LogP contribution < -0.4 is 0 Å². The van der Waals surface area contributed by atoms with Crippen molar-refractivity contribution in [3.63, 3.8) is 0 Å². The molecule has 0 spiro atoms. The number of ketones is 1. The number of fused-ring (bicyclic) bond motifs is 5. The molecule has 32 nitrogen and oxygen atoms in total. The van der Waals surface area contributed by atoms with Crippen LogP contribution in [-0.4, -0.2) is 322 Å². The highest BCUT2D eigenvalue weighted by Crippen LogP contribution is 2.68. The van der Waals surface area contributed by atoms with Crippen LogP contribution in [0, 0.1) is 46.3 Å². The number of aliphatic hydroxyl groups excluding tert-OH is 17. The van der Waals surface area contributed by atoms with Crippen molar-refractivity contribution in [1.82, 2.24) is 0 Å². The molecule has 0 aromatic rings. The Morgan fingerprint density at radius 3 is 1.68 bits per heavy atom. The minimum atomic E-state index is -1.99. The van der Waals surface area contributed by atoms with Gasteiger partial charge in [0.25, 0.3) is 0 Å². The molecular weight excluding hydrogens is 1240 g/mol. The SMILES string of the molecule is CC(=O)C1C(OC(=O)CCC(C)COC2OC(CO)C(O)C(O)C2O)CC2C3CCC4CC(OC5OC(CO)C(OC6OC(CO)C(O)C(OC7OCC(O)C(O)C7O)C6OC6OCC(O)C(O)C6O)C(O)C5OC5OC(C)C(O)C(O)C5O)CCC4(C)C3CCC21C. The maximum absolute atomic E-state index is 13.7. The summed E-state index contributed by atoms with van der Waals surface area (Å²) in [5, 5.41) is 183. The molecule has 6 heterocycles. The number of ether oxygens (including phenoxy) is 13. The summed E-state index contributed by atoms with van der Waals surface area (Å²) in [6.45, 7) is 5.64. The van der Waals surface area contributed by atoms with E-state index in [1.165, 1.54) is 6.92 Å². The third-order valence-corrected chi connectivity index (χ3v) is 22.4. The Hall–Kier alpha value is -2.02. The van der Waals surface area contributed by atoms with Gasteiger partial charge in [-0.15, -0.1) is 0 Å². The zero-order valence-corrected chi connectivity index (χ0v) is 52.8. The van der Waals surface area contributed by atoms with E-state index < -0.39 is 235 Å². The molecule has 10 aliphatic rings. The predicted octanol–water partition coefficient (Wildman–Crippen LogP) is -6.22. The second-order valence-electron chi connectivity index (χ2n) is 28.3. The Kier molecular flexibility index (Phi) is 24.1. The molecular formula is C61H100O32. The van der Waals surface area contributed by atoms with Crippen LogP contribution >= 0.6 is 0 Å². The van der Waals surface area contributed by atoms with E-state index in [0.717, 1.165) is 19.3 Å². The summed E-state index contributed by atoms with van der Waals surface area (Å²) in [6, 6.07) is 0.